The number of halogens is 2. The summed E-state index contributed by atoms with van der Waals surface area (Å²) in [5, 5.41) is 3.17. The summed E-state index contributed by atoms with van der Waals surface area (Å²) in [5.41, 5.74) is 8.06. The van der Waals surface area contributed by atoms with Gasteiger partial charge in [0.25, 0.3) is 0 Å². The van der Waals surface area contributed by atoms with Crippen molar-refractivity contribution in [3.8, 4) is 0 Å². The van der Waals surface area contributed by atoms with Crippen LogP contribution in [0.15, 0.2) is 41.0 Å². The van der Waals surface area contributed by atoms with E-state index in [2.05, 4.69) is 26.2 Å². The largest absolute Gasteiger partial charge is 0.399 e. The standard InChI is InChI=1S/C15H15BrClN3O/c1-9(10-2-4-11(18)5-3-10)6-14(21)20-12-7-13(16)15(17)19-8-12/h2-5,7-9H,6,18H2,1H3,(H,20,21). The second-order valence-electron chi connectivity index (χ2n) is 4.82. The van der Waals surface area contributed by atoms with E-state index in [9.17, 15) is 4.79 Å². The summed E-state index contributed by atoms with van der Waals surface area (Å²) in [5.74, 6) is 0.0321. The molecule has 0 aliphatic carbocycles. The highest BCUT2D eigenvalue weighted by atomic mass is 79.9. The van der Waals surface area contributed by atoms with E-state index in [0.717, 1.165) is 5.56 Å². The van der Waals surface area contributed by atoms with Gasteiger partial charge in [0.2, 0.25) is 5.91 Å². The third-order valence-corrected chi connectivity index (χ3v) is 4.21. The molecular formula is C15H15BrClN3O. The zero-order valence-electron chi connectivity index (χ0n) is 11.4. The number of rotatable bonds is 4. The molecule has 0 radical (unpaired) electrons. The number of nitrogen functional groups attached to an aromatic ring is 1. The molecular weight excluding hydrogens is 354 g/mol. The van der Waals surface area contributed by atoms with Crippen molar-refractivity contribution in [1.29, 1.82) is 0 Å². The van der Waals surface area contributed by atoms with Gasteiger partial charge in [-0.3, -0.25) is 4.79 Å². The number of hydrogen-bond donors (Lipinski definition) is 2. The molecule has 1 aromatic carbocycles. The summed E-state index contributed by atoms with van der Waals surface area (Å²) in [6.07, 6.45) is 1.91. The summed E-state index contributed by atoms with van der Waals surface area (Å²) in [6.45, 7) is 2.00. The Balaban J connectivity index is 1.97. The van der Waals surface area contributed by atoms with Gasteiger partial charge in [0, 0.05) is 12.1 Å². The number of nitrogens with two attached hydrogens (primary N) is 1. The molecule has 0 fully saturated rings. The van der Waals surface area contributed by atoms with E-state index in [1.54, 1.807) is 6.07 Å². The summed E-state index contributed by atoms with van der Waals surface area (Å²) < 4.78 is 0.647. The number of aromatic nitrogens is 1. The maximum absolute atomic E-state index is 12.0. The van der Waals surface area contributed by atoms with Crippen LogP contribution in [0.2, 0.25) is 5.15 Å². The first-order valence-electron chi connectivity index (χ1n) is 6.42. The predicted octanol–water partition coefficient (Wildman–Crippen LogP) is 4.21. The highest BCUT2D eigenvalue weighted by molar-refractivity contribution is 9.10. The molecule has 3 N–H and O–H groups in total. The van der Waals surface area contributed by atoms with Crippen molar-refractivity contribution in [2.24, 2.45) is 0 Å². The lowest BCUT2D eigenvalue weighted by Gasteiger charge is -2.12. The van der Waals surface area contributed by atoms with Gasteiger partial charge < -0.3 is 11.1 Å². The third-order valence-electron chi connectivity index (χ3n) is 3.08. The average Bonchev–Trinajstić information content (AvgIpc) is 2.43. The number of anilines is 2. The van der Waals surface area contributed by atoms with Crippen LogP contribution in [0.3, 0.4) is 0 Å². The van der Waals surface area contributed by atoms with Gasteiger partial charge in [0.1, 0.15) is 5.15 Å². The first kappa shape index (κ1) is 15.8. The first-order valence-corrected chi connectivity index (χ1v) is 7.59. The fraction of sp³-hybridized carbons (Fsp3) is 0.200. The van der Waals surface area contributed by atoms with Gasteiger partial charge in [-0.05, 0) is 45.6 Å². The minimum atomic E-state index is -0.0738. The predicted molar refractivity (Wildman–Crippen MR) is 89.5 cm³/mol. The van der Waals surface area contributed by atoms with E-state index in [1.165, 1.54) is 6.20 Å². The molecule has 6 heteroatoms. The molecule has 0 saturated heterocycles. The summed E-state index contributed by atoms with van der Waals surface area (Å²) in [7, 11) is 0. The molecule has 21 heavy (non-hydrogen) atoms. The van der Waals surface area contributed by atoms with Crippen LogP contribution in [0.4, 0.5) is 11.4 Å². The van der Waals surface area contributed by atoms with Crippen LogP contribution in [0.25, 0.3) is 0 Å². The second kappa shape index (κ2) is 6.91. The van der Waals surface area contributed by atoms with Gasteiger partial charge in [-0.2, -0.15) is 0 Å². The van der Waals surface area contributed by atoms with Gasteiger partial charge in [0.05, 0.1) is 16.4 Å². The molecule has 0 spiro atoms. The van der Waals surface area contributed by atoms with E-state index in [4.69, 9.17) is 17.3 Å². The van der Waals surface area contributed by atoms with Crippen molar-refractivity contribution in [2.75, 3.05) is 11.1 Å². The molecule has 1 unspecified atom stereocenters. The zero-order chi connectivity index (χ0) is 15.4. The van der Waals surface area contributed by atoms with Crippen molar-refractivity contribution in [2.45, 2.75) is 19.3 Å². The molecule has 2 rings (SSSR count). The number of nitrogens with zero attached hydrogens (tertiary/aromatic N) is 1. The molecule has 0 bridgehead atoms. The van der Waals surface area contributed by atoms with Gasteiger partial charge in [0.15, 0.2) is 0 Å². The molecule has 1 amide bonds. The van der Waals surface area contributed by atoms with Gasteiger partial charge >= 0.3 is 0 Å². The number of pyridine rings is 1. The van der Waals surface area contributed by atoms with Crippen LogP contribution < -0.4 is 11.1 Å². The third kappa shape index (κ3) is 4.44. The van der Waals surface area contributed by atoms with E-state index >= 15 is 0 Å². The van der Waals surface area contributed by atoms with Crippen LogP contribution >= 0.6 is 27.5 Å². The number of carbonyl (C=O) groups is 1. The smallest absolute Gasteiger partial charge is 0.225 e. The number of benzene rings is 1. The number of nitrogens with one attached hydrogen (secondary N) is 1. The van der Waals surface area contributed by atoms with E-state index in [0.29, 0.717) is 27.4 Å². The van der Waals surface area contributed by atoms with Gasteiger partial charge in [-0.15, -0.1) is 0 Å². The van der Waals surface area contributed by atoms with Crippen molar-refractivity contribution < 1.29 is 4.79 Å². The Morgan fingerprint density at radius 3 is 2.71 bits per heavy atom. The van der Waals surface area contributed by atoms with Crippen LogP contribution in [0.1, 0.15) is 24.8 Å². The Kier molecular flexibility index (Phi) is 5.20. The Hall–Kier alpha value is -1.59. The molecule has 110 valence electrons. The van der Waals surface area contributed by atoms with E-state index < -0.39 is 0 Å². The Bertz CT molecular complexity index is 646. The van der Waals surface area contributed by atoms with Crippen LogP contribution in [0, 0.1) is 0 Å². The van der Waals surface area contributed by atoms with Crippen LogP contribution in [-0.4, -0.2) is 10.9 Å². The molecule has 1 heterocycles. The number of hydrogen-bond acceptors (Lipinski definition) is 3. The van der Waals surface area contributed by atoms with Crippen LogP contribution in [-0.2, 0) is 4.79 Å². The second-order valence-corrected chi connectivity index (χ2v) is 6.03. The maximum Gasteiger partial charge on any atom is 0.225 e. The lowest BCUT2D eigenvalue weighted by Crippen LogP contribution is -2.14. The van der Waals surface area contributed by atoms with E-state index in [1.807, 2.05) is 31.2 Å². The summed E-state index contributed by atoms with van der Waals surface area (Å²) in [6, 6.07) is 9.27. The lowest BCUT2D eigenvalue weighted by atomic mass is 9.97. The normalized spacial score (nSPS) is 12.0. The topological polar surface area (TPSA) is 68.0 Å². The molecule has 2 aromatic rings. The SMILES string of the molecule is CC(CC(=O)Nc1cnc(Cl)c(Br)c1)c1ccc(N)cc1. The monoisotopic (exact) mass is 367 g/mol. The Morgan fingerprint density at radius 1 is 1.43 bits per heavy atom. The molecule has 0 aliphatic heterocycles. The van der Waals surface area contributed by atoms with Crippen molar-refractivity contribution >= 4 is 44.8 Å². The van der Waals surface area contributed by atoms with E-state index in [-0.39, 0.29) is 11.8 Å². The molecule has 1 atom stereocenters. The Morgan fingerprint density at radius 2 is 2.10 bits per heavy atom. The van der Waals surface area contributed by atoms with Gasteiger partial charge in [-0.25, -0.2) is 4.98 Å². The summed E-state index contributed by atoms with van der Waals surface area (Å²) >= 11 is 9.09. The minimum absolute atomic E-state index is 0.0738. The highest BCUT2D eigenvalue weighted by Crippen LogP contribution is 2.24. The average molecular weight is 369 g/mol. The highest BCUT2D eigenvalue weighted by Gasteiger charge is 2.12. The molecule has 0 aliphatic rings. The number of carbonyl (C=O) groups excluding carboxylic acids is 1. The first-order chi connectivity index (χ1) is 9.95. The molecule has 1 aromatic heterocycles. The van der Waals surface area contributed by atoms with Crippen LogP contribution in [0.5, 0.6) is 0 Å². The van der Waals surface area contributed by atoms with Crippen molar-refractivity contribution in [1.82, 2.24) is 4.98 Å². The molecule has 0 saturated carbocycles. The number of amides is 1. The fourth-order valence-electron chi connectivity index (χ4n) is 1.92. The zero-order valence-corrected chi connectivity index (χ0v) is 13.8. The van der Waals surface area contributed by atoms with Gasteiger partial charge in [-0.1, -0.05) is 30.7 Å². The minimum Gasteiger partial charge on any atom is -0.399 e. The molecule has 4 nitrogen and oxygen atoms in total. The lowest BCUT2D eigenvalue weighted by molar-refractivity contribution is -0.116. The Labute approximate surface area is 136 Å². The van der Waals surface area contributed by atoms with Crippen molar-refractivity contribution in [3.05, 3.63) is 51.7 Å². The van der Waals surface area contributed by atoms with Crippen molar-refractivity contribution in [3.63, 3.8) is 0 Å². The summed E-state index contributed by atoms with van der Waals surface area (Å²) in [4.78, 5) is 16.0. The quantitative estimate of drug-likeness (QED) is 0.627. The fourth-order valence-corrected chi connectivity index (χ4v) is 2.37. The maximum atomic E-state index is 12.0.